The highest BCUT2D eigenvalue weighted by Gasteiger charge is 2.15. The Kier molecular flexibility index (Phi) is 4.60. The normalized spacial score (nSPS) is 11.9. The number of carbonyl (C=O) groups excluding carboxylic acids is 1. The van der Waals surface area contributed by atoms with Gasteiger partial charge in [0.25, 0.3) is 5.91 Å². The first-order chi connectivity index (χ1) is 11.6. The largest absolute Gasteiger partial charge is 0.349 e. The number of aromatic nitrogens is 3. The van der Waals surface area contributed by atoms with Crippen LogP contribution in [0.4, 0.5) is 4.39 Å². The van der Waals surface area contributed by atoms with Gasteiger partial charge in [-0.2, -0.15) is 4.98 Å². The van der Waals surface area contributed by atoms with Crippen molar-refractivity contribution >= 4 is 5.91 Å². The second-order valence-corrected chi connectivity index (χ2v) is 5.35. The average Bonchev–Trinajstić information content (AvgIpc) is 3.04. The van der Waals surface area contributed by atoms with E-state index in [1.807, 2.05) is 30.3 Å². The summed E-state index contributed by atoms with van der Waals surface area (Å²) in [6, 6.07) is 10.3. The van der Waals surface area contributed by atoms with Gasteiger partial charge in [0, 0.05) is 24.2 Å². The van der Waals surface area contributed by atoms with E-state index in [2.05, 4.69) is 20.4 Å². The van der Waals surface area contributed by atoms with Gasteiger partial charge in [0.15, 0.2) is 0 Å². The molecular formula is C17H15FN4O2. The van der Waals surface area contributed by atoms with Crippen molar-refractivity contribution in [2.45, 2.75) is 19.4 Å². The minimum Gasteiger partial charge on any atom is -0.349 e. The Morgan fingerprint density at radius 3 is 2.83 bits per heavy atom. The number of nitrogens with zero attached hydrogens (tertiary/aromatic N) is 3. The van der Waals surface area contributed by atoms with Gasteiger partial charge in [0.2, 0.25) is 11.7 Å². The number of hydrogen-bond donors (Lipinski definition) is 1. The lowest BCUT2D eigenvalue weighted by Crippen LogP contribution is -2.34. The second kappa shape index (κ2) is 6.99. The second-order valence-electron chi connectivity index (χ2n) is 5.35. The molecular weight excluding hydrogens is 311 g/mol. The Labute approximate surface area is 137 Å². The molecule has 3 aromatic rings. The zero-order valence-electron chi connectivity index (χ0n) is 12.9. The van der Waals surface area contributed by atoms with Crippen molar-refractivity contribution in [3.8, 4) is 11.4 Å². The van der Waals surface area contributed by atoms with Crippen molar-refractivity contribution in [3.05, 3.63) is 66.1 Å². The third-order valence-corrected chi connectivity index (χ3v) is 3.33. The number of benzene rings is 1. The van der Waals surface area contributed by atoms with Crippen LogP contribution in [0.3, 0.4) is 0 Å². The number of rotatable bonds is 5. The van der Waals surface area contributed by atoms with E-state index in [0.717, 1.165) is 17.8 Å². The third kappa shape index (κ3) is 3.81. The number of halogens is 1. The molecule has 122 valence electrons. The smallest absolute Gasteiger partial charge is 0.253 e. The van der Waals surface area contributed by atoms with Gasteiger partial charge in [-0.15, -0.1) is 0 Å². The van der Waals surface area contributed by atoms with Crippen LogP contribution in [0.1, 0.15) is 23.2 Å². The molecule has 0 fully saturated rings. The van der Waals surface area contributed by atoms with Crippen molar-refractivity contribution in [3.63, 3.8) is 0 Å². The van der Waals surface area contributed by atoms with Crippen LogP contribution in [-0.4, -0.2) is 27.1 Å². The van der Waals surface area contributed by atoms with Crippen LogP contribution in [0.2, 0.25) is 0 Å². The Balaban J connectivity index is 1.62. The molecule has 0 radical (unpaired) electrons. The molecule has 0 bridgehead atoms. The number of nitrogens with one attached hydrogen (secondary N) is 1. The minimum absolute atomic E-state index is 0.164. The fourth-order valence-corrected chi connectivity index (χ4v) is 2.20. The first-order valence-corrected chi connectivity index (χ1v) is 7.41. The van der Waals surface area contributed by atoms with E-state index in [9.17, 15) is 9.18 Å². The van der Waals surface area contributed by atoms with Crippen LogP contribution in [0, 0.1) is 5.82 Å². The van der Waals surface area contributed by atoms with Crippen LogP contribution in [0.25, 0.3) is 11.4 Å². The monoisotopic (exact) mass is 326 g/mol. The number of amides is 1. The van der Waals surface area contributed by atoms with Gasteiger partial charge in [0.1, 0.15) is 5.82 Å². The third-order valence-electron chi connectivity index (χ3n) is 3.33. The highest BCUT2D eigenvalue weighted by molar-refractivity contribution is 5.94. The molecule has 1 atom stereocenters. The molecule has 6 nitrogen and oxygen atoms in total. The molecule has 3 rings (SSSR count). The molecule has 1 N–H and O–H groups in total. The van der Waals surface area contributed by atoms with Crippen LogP contribution >= 0.6 is 0 Å². The Bertz CT molecular complexity index is 835. The standard InChI is InChI=1S/C17H15FN4O2/c1-11(20-17(23)13-8-14(18)10-19-9-13)7-15-21-16(22-24-15)12-5-3-2-4-6-12/h2-6,8-11H,7H2,1H3,(H,20,23). The van der Waals surface area contributed by atoms with E-state index < -0.39 is 11.7 Å². The molecule has 1 aromatic carbocycles. The predicted molar refractivity (Wildman–Crippen MR) is 84.6 cm³/mol. The highest BCUT2D eigenvalue weighted by Crippen LogP contribution is 2.15. The van der Waals surface area contributed by atoms with Crippen LogP contribution in [0.15, 0.2) is 53.3 Å². The van der Waals surface area contributed by atoms with E-state index in [0.29, 0.717) is 18.1 Å². The fourth-order valence-electron chi connectivity index (χ4n) is 2.20. The lowest BCUT2D eigenvalue weighted by atomic mass is 10.2. The summed E-state index contributed by atoms with van der Waals surface area (Å²) in [7, 11) is 0. The molecule has 0 aliphatic carbocycles. The predicted octanol–water partition coefficient (Wildman–Crippen LogP) is 2.63. The topological polar surface area (TPSA) is 80.9 Å². The SMILES string of the molecule is CC(Cc1nc(-c2ccccc2)no1)NC(=O)c1cncc(F)c1. The lowest BCUT2D eigenvalue weighted by molar-refractivity contribution is 0.0938. The van der Waals surface area contributed by atoms with Gasteiger partial charge < -0.3 is 9.84 Å². The van der Waals surface area contributed by atoms with Crippen LogP contribution in [-0.2, 0) is 6.42 Å². The molecule has 0 saturated heterocycles. The summed E-state index contributed by atoms with van der Waals surface area (Å²) in [5.74, 6) is -0.0468. The van der Waals surface area contributed by atoms with E-state index in [-0.39, 0.29) is 11.6 Å². The van der Waals surface area contributed by atoms with Crippen LogP contribution in [0.5, 0.6) is 0 Å². The summed E-state index contributed by atoms with van der Waals surface area (Å²) in [6.45, 7) is 1.80. The van der Waals surface area contributed by atoms with E-state index in [1.54, 1.807) is 6.92 Å². The Hall–Kier alpha value is -3.09. The van der Waals surface area contributed by atoms with E-state index >= 15 is 0 Å². The maximum absolute atomic E-state index is 13.1. The Morgan fingerprint density at radius 2 is 2.08 bits per heavy atom. The van der Waals surface area contributed by atoms with Crippen molar-refractivity contribution in [1.82, 2.24) is 20.4 Å². The quantitative estimate of drug-likeness (QED) is 0.779. The van der Waals surface area contributed by atoms with Gasteiger partial charge in [0.05, 0.1) is 11.8 Å². The molecule has 0 aliphatic heterocycles. The molecule has 2 aromatic heterocycles. The summed E-state index contributed by atoms with van der Waals surface area (Å²) in [4.78, 5) is 20.0. The summed E-state index contributed by atoms with van der Waals surface area (Å²) < 4.78 is 18.3. The van der Waals surface area contributed by atoms with Crippen molar-refractivity contribution in [2.24, 2.45) is 0 Å². The fraction of sp³-hybridized carbons (Fsp3) is 0.176. The van der Waals surface area contributed by atoms with Crippen LogP contribution < -0.4 is 5.32 Å². The Morgan fingerprint density at radius 1 is 1.29 bits per heavy atom. The molecule has 0 spiro atoms. The van der Waals surface area contributed by atoms with Crippen molar-refractivity contribution in [1.29, 1.82) is 0 Å². The molecule has 1 amide bonds. The summed E-state index contributed by atoms with van der Waals surface area (Å²) in [5, 5.41) is 6.68. The van der Waals surface area contributed by atoms with Gasteiger partial charge in [-0.05, 0) is 13.0 Å². The number of hydrogen-bond acceptors (Lipinski definition) is 5. The minimum atomic E-state index is -0.556. The molecule has 0 aliphatic rings. The van der Waals surface area contributed by atoms with Crippen molar-refractivity contribution in [2.75, 3.05) is 0 Å². The average molecular weight is 326 g/mol. The molecule has 0 saturated carbocycles. The zero-order valence-corrected chi connectivity index (χ0v) is 12.9. The molecule has 7 heteroatoms. The van der Waals surface area contributed by atoms with E-state index in [4.69, 9.17) is 4.52 Å². The van der Waals surface area contributed by atoms with E-state index in [1.165, 1.54) is 6.20 Å². The van der Waals surface area contributed by atoms with Crippen molar-refractivity contribution < 1.29 is 13.7 Å². The molecule has 24 heavy (non-hydrogen) atoms. The maximum Gasteiger partial charge on any atom is 0.253 e. The summed E-state index contributed by atoms with van der Waals surface area (Å²) in [6.07, 6.45) is 2.73. The van der Waals surface area contributed by atoms with Gasteiger partial charge in [-0.1, -0.05) is 35.5 Å². The summed E-state index contributed by atoms with van der Waals surface area (Å²) in [5.41, 5.74) is 1.02. The first kappa shape index (κ1) is 15.8. The summed E-state index contributed by atoms with van der Waals surface area (Å²) >= 11 is 0. The molecule has 1 unspecified atom stereocenters. The number of carbonyl (C=O) groups is 1. The van der Waals surface area contributed by atoms with Gasteiger partial charge in [-0.25, -0.2) is 4.39 Å². The zero-order chi connectivity index (χ0) is 16.9. The maximum atomic E-state index is 13.1. The van der Waals surface area contributed by atoms with Gasteiger partial charge in [-0.3, -0.25) is 9.78 Å². The molecule has 2 heterocycles. The highest BCUT2D eigenvalue weighted by atomic mass is 19.1. The first-order valence-electron chi connectivity index (χ1n) is 7.41. The lowest BCUT2D eigenvalue weighted by Gasteiger charge is -2.11. The number of pyridine rings is 1. The van der Waals surface area contributed by atoms with Gasteiger partial charge >= 0.3 is 0 Å².